The van der Waals surface area contributed by atoms with E-state index in [1.165, 1.54) is 5.56 Å². The van der Waals surface area contributed by atoms with Gasteiger partial charge in [-0.1, -0.05) is 35.5 Å². The lowest BCUT2D eigenvalue weighted by Gasteiger charge is -1.96. The normalized spacial score (nSPS) is 12.0. The van der Waals surface area contributed by atoms with Crippen molar-refractivity contribution in [3.05, 3.63) is 47.6 Å². The molecule has 0 bridgehead atoms. The van der Waals surface area contributed by atoms with E-state index in [1.54, 1.807) is 0 Å². The van der Waals surface area contributed by atoms with Gasteiger partial charge in [0, 0.05) is 12.8 Å². The SMILES string of the molecule is CC(C#N)Cc1nc(CCc2ccccc2)no1. The van der Waals surface area contributed by atoms with Crippen LogP contribution >= 0.6 is 0 Å². The van der Waals surface area contributed by atoms with Gasteiger partial charge in [-0.15, -0.1) is 0 Å². The van der Waals surface area contributed by atoms with Gasteiger partial charge in [-0.2, -0.15) is 10.2 Å². The third-order valence-electron chi connectivity index (χ3n) is 2.69. The molecule has 4 heteroatoms. The number of rotatable bonds is 5. The summed E-state index contributed by atoms with van der Waals surface area (Å²) < 4.78 is 5.11. The number of aromatic nitrogens is 2. The molecule has 1 unspecified atom stereocenters. The van der Waals surface area contributed by atoms with Crippen molar-refractivity contribution in [2.24, 2.45) is 5.92 Å². The van der Waals surface area contributed by atoms with Gasteiger partial charge in [0.05, 0.1) is 12.0 Å². The first-order valence-corrected chi connectivity index (χ1v) is 6.03. The van der Waals surface area contributed by atoms with E-state index in [0.717, 1.165) is 12.8 Å². The fraction of sp³-hybridized carbons (Fsp3) is 0.357. The van der Waals surface area contributed by atoms with Crippen molar-refractivity contribution in [1.82, 2.24) is 10.1 Å². The van der Waals surface area contributed by atoms with Crippen LogP contribution in [0.25, 0.3) is 0 Å². The number of nitrogens with zero attached hydrogens (tertiary/aromatic N) is 3. The summed E-state index contributed by atoms with van der Waals surface area (Å²) in [6.07, 6.45) is 2.18. The first-order valence-electron chi connectivity index (χ1n) is 6.03. The quantitative estimate of drug-likeness (QED) is 0.807. The minimum atomic E-state index is -0.0903. The van der Waals surface area contributed by atoms with Crippen molar-refractivity contribution in [2.75, 3.05) is 0 Å². The molecule has 0 saturated carbocycles. The number of aryl methyl sites for hydroxylation is 2. The monoisotopic (exact) mass is 241 g/mol. The van der Waals surface area contributed by atoms with E-state index >= 15 is 0 Å². The first kappa shape index (κ1) is 12.3. The van der Waals surface area contributed by atoms with E-state index in [-0.39, 0.29) is 5.92 Å². The summed E-state index contributed by atoms with van der Waals surface area (Å²) >= 11 is 0. The second-order valence-electron chi connectivity index (χ2n) is 4.32. The van der Waals surface area contributed by atoms with Crippen molar-refractivity contribution in [2.45, 2.75) is 26.2 Å². The van der Waals surface area contributed by atoms with Crippen LogP contribution in [0, 0.1) is 17.2 Å². The maximum absolute atomic E-state index is 8.72. The standard InChI is InChI=1S/C14H15N3O/c1-11(10-15)9-14-16-13(17-18-14)8-7-12-5-3-2-4-6-12/h2-6,11H,7-9H2,1H3. The Morgan fingerprint density at radius 3 is 2.78 bits per heavy atom. The molecule has 0 saturated heterocycles. The van der Waals surface area contributed by atoms with Gasteiger partial charge in [0.25, 0.3) is 0 Å². The number of benzene rings is 1. The van der Waals surface area contributed by atoms with Gasteiger partial charge in [-0.25, -0.2) is 0 Å². The lowest BCUT2D eigenvalue weighted by molar-refractivity contribution is 0.364. The smallest absolute Gasteiger partial charge is 0.227 e. The molecule has 1 aromatic carbocycles. The van der Waals surface area contributed by atoms with E-state index in [0.29, 0.717) is 18.1 Å². The second kappa shape index (κ2) is 5.97. The van der Waals surface area contributed by atoms with Crippen molar-refractivity contribution < 1.29 is 4.52 Å². The fourth-order valence-corrected chi connectivity index (χ4v) is 1.68. The van der Waals surface area contributed by atoms with Gasteiger partial charge < -0.3 is 4.52 Å². The van der Waals surface area contributed by atoms with E-state index in [9.17, 15) is 0 Å². The third kappa shape index (κ3) is 3.42. The molecule has 0 spiro atoms. The van der Waals surface area contributed by atoms with Crippen LogP contribution in [-0.2, 0) is 19.3 Å². The van der Waals surface area contributed by atoms with Crippen molar-refractivity contribution >= 4 is 0 Å². The average molecular weight is 241 g/mol. The van der Waals surface area contributed by atoms with Crippen molar-refractivity contribution in [3.8, 4) is 6.07 Å². The van der Waals surface area contributed by atoms with Crippen molar-refractivity contribution in [1.29, 1.82) is 5.26 Å². The van der Waals surface area contributed by atoms with Gasteiger partial charge in [0.1, 0.15) is 0 Å². The van der Waals surface area contributed by atoms with Gasteiger partial charge in [-0.05, 0) is 18.9 Å². The van der Waals surface area contributed by atoms with Crippen LogP contribution in [-0.4, -0.2) is 10.1 Å². The second-order valence-corrected chi connectivity index (χ2v) is 4.32. The molecule has 0 fully saturated rings. The minimum absolute atomic E-state index is 0.0903. The van der Waals surface area contributed by atoms with E-state index in [1.807, 2.05) is 25.1 Å². The van der Waals surface area contributed by atoms with Crippen LogP contribution in [0.4, 0.5) is 0 Å². The fourth-order valence-electron chi connectivity index (χ4n) is 1.68. The molecule has 2 rings (SSSR count). The Hall–Kier alpha value is -2.15. The maximum Gasteiger partial charge on any atom is 0.227 e. The Labute approximate surface area is 106 Å². The highest BCUT2D eigenvalue weighted by atomic mass is 16.5. The van der Waals surface area contributed by atoms with E-state index < -0.39 is 0 Å². The molecule has 4 nitrogen and oxygen atoms in total. The van der Waals surface area contributed by atoms with Crippen LogP contribution in [0.2, 0.25) is 0 Å². The molecule has 92 valence electrons. The summed E-state index contributed by atoms with van der Waals surface area (Å²) in [5.74, 6) is 1.17. The number of hydrogen-bond donors (Lipinski definition) is 0. The number of hydrogen-bond acceptors (Lipinski definition) is 4. The van der Waals surface area contributed by atoms with E-state index in [2.05, 4.69) is 28.3 Å². The largest absolute Gasteiger partial charge is 0.339 e. The zero-order chi connectivity index (χ0) is 12.8. The minimum Gasteiger partial charge on any atom is -0.339 e. The van der Waals surface area contributed by atoms with Gasteiger partial charge in [0.15, 0.2) is 5.82 Å². The molecular formula is C14H15N3O. The molecule has 0 N–H and O–H groups in total. The van der Waals surface area contributed by atoms with E-state index in [4.69, 9.17) is 9.78 Å². The summed E-state index contributed by atoms with van der Waals surface area (Å²) in [6.45, 7) is 1.84. The Bertz CT molecular complexity index is 527. The predicted molar refractivity (Wildman–Crippen MR) is 66.6 cm³/mol. The maximum atomic E-state index is 8.72. The van der Waals surface area contributed by atoms with Gasteiger partial charge in [0.2, 0.25) is 5.89 Å². The summed E-state index contributed by atoms with van der Waals surface area (Å²) in [7, 11) is 0. The zero-order valence-corrected chi connectivity index (χ0v) is 10.3. The Kier molecular flexibility index (Phi) is 4.08. The lowest BCUT2D eigenvalue weighted by Crippen LogP contribution is -1.97. The van der Waals surface area contributed by atoms with Crippen LogP contribution in [0.3, 0.4) is 0 Å². The molecular weight excluding hydrogens is 226 g/mol. The Morgan fingerprint density at radius 1 is 1.28 bits per heavy atom. The van der Waals surface area contributed by atoms with Crippen LogP contribution < -0.4 is 0 Å². The number of nitriles is 1. The third-order valence-corrected chi connectivity index (χ3v) is 2.69. The summed E-state index contributed by atoms with van der Waals surface area (Å²) in [6, 6.07) is 12.4. The summed E-state index contributed by atoms with van der Waals surface area (Å²) in [5, 5.41) is 12.6. The first-order chi connectivity index (χ1) is 8.78. The lowest BCUT2D eigenvalue weighted by atomic mass is 10.1. The molecule has 0 aliphatic heterocycles. The van der Waals surface area contributed by atoms with Crippen LogP contribution in [0.1, 0.15) is 24.2 Å². The molecule has 0 aliphatic rings. The highest BCUT2D eigenvalue weighted by molar-refractivity contribution is 5.15. The molecule has 1 aromatic heterocycles. The molecule has 0 aliphatic carbocycles. The molecule has 18 heavy (non-hydrogen) atoms. The highest BCUT2D eigenvalue weighted by Crippen LogP contribution is 2.08. The molecule has 1 atom stereocenters. The van der Waals surface area contributed by atoms with Crippen LogP contribution in [0.15, 0.2) is 34.9 Å². The summed E-state index contributed by atoms with van der Waals surface area (Å²) in [4.78, 5) is 4.28. The predicted octanol–water partition coefficient (Wildman–Crippen LogP) is 2.56. The molecule has 1 heterocycles. The summed E-state index contributed by atoms with van der Waals surface area (Å²) in [5.41, 5.74) is 1.26. The molecule has 2 aromatic rings. The zero-order valence-electron chi connectivity index (χ0n) is 10.3. The van der Waals surface area contributed by atoms with Gasteiger partial charge >= 0.3 is 0 Å². The molecule has 0 radical (unpaired) electrons. The highest BCUT2D eigenvalue weighted by Gasteiger charge is 2.10. The van der Waals surface area contributed by atoms with Crippen LogP contribution in [0.5, 0.6) is 0 Å². The Balaban J connectivity index is 1.89. The van der Waals surface area contributed by atoms with Gasteiger partial charge in [-0.3, -0.25) is 0 Å². The Morgan fingerprint density at radius 2 is 2.06 bits per heavy atom. The van der Waals surface area contributed by atoms with Crippen molar-refractivity contribution in [3.63, 3.8) is 0 Å². The average Bonchev–Trinajstić information content (AvgIpc) is 2.85. The molecule has 0 amide bonds. The topological polar surface area (TPSA) is 62.7 Å².